The molecule has 2 aromatic rings. The Hall–Kier alpha value is -1.56. The minimum absolute atomic E-state index is 0.161. The first-order valence-corrected chi connectivity index (χ1v) is 8.04. The third kappa shape index (κ3) is 2.60. The molecule has 2 fully saturated rings. The maximum absolute atomic E-state index is 9.94. The van der Waals surface area contributed by atoms with Crippen LogP contribution in [0.5, 0.6) is 5.75 Å². The standard InChI is InChI=1S/C17H22N2O3/c20-16-11-21-10-15(16)19-8-5-12(6-9-19)22-17-3-1-2-14-13(17)4-7-18-14/h1-4,7,12,15-16,18,20H,5-6,8-11H2. The van der Waals surface area contributed by atoms with Gasteiger partial charge in [-0.2, -0.15) is 0 Å². The quantitative estimate of drug-likeness (QED) is 0.907. The number of ether oxygens (including phenoxy) is 2. The van der Waals surface area contributed by atoms with Crippen molar-refractivity contribution in [2.24, 2.45) is 0 Å². The van der Waals surface area contributed by atoms with Gasteiger partial charge in [0.15, 0.2) is 0 Å². The monoisotopic (exact) mass is 302 g/mol. The number of benzene rings is 1. The highest BCUT2D eigenvalue weighted by Gasteiger charge is 2.34. The fourth-order valence-corrected chi connectivity index (χ4v) is 3.54. The van der Waals surface area contributed by atoms with Crippen LogP contribution in [0, 0.1) is 0 Å². The second kappa shape index (κ2) is 5.91. The number of H-pyrrole nitrogens is 1. The van der Waals surface area contributed by atoms with Gasteiger partial charge in [-0.3, -0.25) is 4.90 Å². The number of hydrogen-bond donors (Lipinski definition) is 2. The number of fused-ring (bicyclic) bond motifs is 1. The summed E-state index contributed by atoms with van der Waals surface area (Å²) in [4.78, 5) is 5.56. The Balaban J connectivity index is 1.39. The van der Waals surface area contributed by atoms with E-state index in [0.29, 0.717) is 13.2 Å². The van der Waals surface area contributed by atoms with E-state index >= 15 is 0 Å². The molecule has 0 aliphatic carbocycles. The second-order valence-corrected chi connectivity index (χ2v) is 6.22. The van der Waals surface area contributed by atoms with E-state index in [2.05, 4.69) is 22.0 Å². The fraction of sp³-hybridized carbons (Fsp3) is 0.529. The molecule has 5 heteroatoms. The molecule has 2 aliphatic rings. The molecule has 1 aromatic carbocycles. The van der Waals surface area contributed by atoms with Crippen molar-refractivity contribution in [3.63, 3.8) is 0 Å². The van der Waals surface area contributed by atoms with Crippen molar-refractivity contribution >= 4 is 10.9 Å². The van der Waals surface area contributed by atoms with Gasteiger partial charge in [0, 0.05) is 30.2 Å². The average Bonchev–Trinajstić information content (AvgIpc) is 3.17. The summed E-state index contributed by atoms with van der Waals surface area (Å²) in [5, 5.41) is 11.1. The van der Waals surface area contributed by atoms with Crippen LogP contribution in [0.25, 0.3) is 10.9 Å². The number of aromatic amines is 1. The number of aliphatic hydroxyl groups is 1. The molecule has 2 N–H and O–H groups in total. The summed E-state index contributed by atoms with van der Waals surface area (Å²) in [6.07, 6.45) is 3.83. The molecule has 2 atom stereocenters. The lowest BCUT2D eigenvalue weighted by Crippen LogP contribution is -2.48. The summed E-state index contributed by atoms with van der Waals surface area (Å²) < 4.78 is 11.6. The van der Waals surface area contributed by atoms with E-state index in [4.69, 9.17) is 9.47 Å². The normalized spacial score (nSPS) is 27.5. The van der Waals surface area contributed by atoms with Crippen molar-refractivity contribution in [3.8, 4) is 5.75 Å². The number of piperidine rings is 1. The van der Waals surface area contributed by atoms with Crippen LogP contribution < -0.4 is 4.74 Å². The van der Waals surface area contributed by atoms with Gasteiger partial charge in [0.05, 0.1) is 25.4 Å². The van der Waals surface area contributed by atoms with E-state index in [1.165, 1.54) is 0 Å². The van der Waals surface area contributed by atoms with Gasteiger partial charge in [0.25, 0.3) is 0 Å². The number of hydrogen-bond acceptors (Lipinski definition) is 4. The Labute approximate surface area is 129 Å². The predicted octanol–water partition coefficient (Wildman–Crippen LogP) is 1.77. The Morgan fingerprint density at radius 1 is 1.18 bits per heavy atom. The SMILES string of the molecule is OC1COCC1N1CCC(Oc2cccc3[nH]ccc23)CC1. The van der Waals surface area contributed by atoms with Crippen LogP contribution in [0.15, 0.2) is 30.5 Å². The molecule has 118 valence electrons. The topological polar surface area (TPSA) is 57.7 Å². The molecule has 3 heterocycles. The number of nitrogens with one attached hydrogen (secondary N) is 1. The third-order valence-corrected chi connectivity index (χ3v) is 4.82. The van der Waals surface area contributed by atoms with Gasteiger partial charge in [-0.15, -0.1) is 0 Å². The van der Waals surface area contributed by atoms with Crippen LogP contribution in [0.1, 0.15) is 12.8 Å². The fourth-order valence-electron chi connectivity index (χ4n) is 3.54. The van der Waals surface area contributed by atoms with Gasteiger partial charge < -0.3 is 19.6 Å². The molecule has 22 heavy (non-hydrogen) atoms. The van der Waals surface area contributed by atoms with Crippen molar-refractivity contribution < 1.29 is 14.6 Å². The summed E-state index contributed by atoms with van der Waals surface area (Å²) >= 11 is 0. The van der Waals surface area contributed by atoms with Crippen LogP contribution in [0.3, 0.4) is 0 Å². The molecule has 0 bridgehead atoms. The molecule has 0 amide bonds. The molecule has 2 aliphatic heterocycles. The van der Waals surface area contributed by atoms with Gasteiger partial charge in [0.1, 0.15) is 11.9 Å². The van der Waals surface area contributed by atoms with Gasteiger partial charge in [0.2, 0.25) is 0 Å². The minimum Gasteiger partial charge on any atom is -0.490 e. The maximum Gasteiger partial charge on any atom is 0.129 e. The first-order chi connectivity index (χ1) is 10.8. The lowest BCUT2D eigenvalue weighted by Gasteiger charge is -2.36. The number of likely N-dealkylation sites (tertiary alicyclic amines) is 1. The summed E-state index contributed by atoms with van der Waals surface area (Å²) in [5.74, 6) is 0.960. The smallest absolute Gasteiger partial charge is 0.129 e. The predicted molar refractivity (Wildman–Crippen MR) is 84.1 cm³/mol. The van der Waals surface area contributed by atoms with E-state index in [9.17, 15) is 5.11 Å². The Kier molecular flexibility index (Phi) is 3.78. The summed E-state index contributed by atoms with van der Waals surface area (Å²) in [6.45, 7) is 3.03. The number of rotatable bonds is 3. The van der Waals surface area contributed by atoms with Gasteiger partial charge in [-0.05, 0) is 31.0 Å². The lowest BCUT2D eigenvalue weighted by atomic mass is 10.0. The zero-order chi connectivity index (χ0) is 14.9. The van der Waals surface area contributed by atoms with Crippen molar-refractivity contribution in [3.05, 3.63) is 30.5 Å². The van der Waals surface area contributed by atoms with Crippen molar-refractivity contribution in [1.82, 2.24) is 9.88 Å². The zero-order valence-electron chi connectivity index (χ0n) is 12.6. The number of aliphatic hydroxyl groups excluding tert-OH is 1. The van der Waals surface area contributed by atoms with E-state index in [1.54, 1.807) is 0 Å². The van der Waals surface area contributed by atoms with Crippen molar-refractivity contribution in [2.45, 2.75) is 31.1 Å². The number of nitrogens with zero attached hydrogens (tertiary/aromatic N) is 1. The van der Waals surface area contributed by atoms with Crippen LogP contribution in [0.2, 0.25) is 0 Å². The van der Waals surface area contributed by atoms with E-state index < -0.39 is 0 Å². The Morgan fingerprint density at radius 2 is 2.05 bits per heavy atom. The van der Waals surface area contributed by atoms with E-state index in [1.807, 2.05) is 18.3 Å². The minimum atomic E-state index is -0.342. The largest absolute Gasteiger partial charge is 0.490 e. The molecule has 2 saturated heterocycles. The summed E-state index contributed by atoms with van der Waals surface area (Å²) in [7, 11) is 0. The highest BCUT2D eigenvalue weighted by atomic mass is 16.5. The van der Waals surface area contributed by atoms with Crippen LogP contribution in [-0.2, 0) is 4.74 Å². The molecule has 5 nitrogen and oxygen atoms in total. The average molecular weight is 302 g/mol. The first kappa shape index (κ1) is 14.1. The molecule has 1 aromatic heterocycles. The van der Waals surface area contributed by atoms with Crippen molar-refractivity contribution in [1.29, 1.82) is 0 Å². The lowest BCUT2D eigenvalue weighted by molar-refractivity contribution is 0.0366. The van der Waals surface area contributed by atoms with Crippen molar-refractivity contribution in [2.75, 3.05) is 26.3 Å². The third-order valence-electron chi connectivity index (χ3n) is 4.82. The first-order valence-electron chi connectivity index (χ1n) is 8.04. The summed E-state index contributed by atoms with van der Waals surface area (Å²) in [6, 6.07) is 8.35. The van der Waals surface area contributed by atoms with Gasteiger partial charge in [-0.1, -0.05) is 6.07 Å². The van der Waals surface area contributed by atoms with Gasteiger partial charge in [-0.25, -0.2) is 0 Å². The van der Waals surface area contributed by atoms with Crippen LogP contribution in [-0.4, -0.2) is 59.5 Å². The Morgan fingerprint density at radius 3 is 2.82 bits per heavy atom. The van der Waals surface area contributed by atoms with E-state index in [-0.39, 0.29) is 18.2 Å². The molecule has 0 spiro atoms. The summed E-state index contributed by atoms with van der Waals surface area (Å²) in [5.41, 5.74) is 1.11. The highest BCUT2D eigenvalue weighted by molar-refractivity contribution is 5.85. The maximum atomic E-state index is 9.94. The molecule has 2 unspecified atom stereocenters. The molecule has 0 saturated carbocycles. The molecule has 0 radical (unpaired) electrons. The highest BCUT2D eigenvalue weighted by Crippen LogP contribution is 2.28. The zero-order valence-corrected chi connectivity index (χ0v) is 12.6. The van der Waals surface area contributed by atoms with Crippen LogP contribution >= 0.6 is 0 Å². The number of aromatic nitrogens is 1. The Bertz CT molecular complexity index is 634. The second-order valence-electron chi connectivity index (χ2n) is 6.22. The molecular weight excluding hydrogens is 280 g/mol. The van der Waals surface area contributed by atoms with Gasteiger partial charge >= 0.3 is 0 Å². The van der Waals surface area contributed by atoms with Crippen LogP contribution in [0.4, 0.5) is 0 Å². The van der Waals surface area contributed by atoms with E-state index in [0.717, 1.165) is 42.6 Å². The molecule has 4 rings (SSSR count). The molecular formula is C17H22N2O3.